The minimum atomic E-state index is -3.09. The molecule has 1 atom stereocenters. The van der Waals surface area contributed by atoms with Crippen molar-refractivity contribution in [2.75, 3.05) is 32.8 Å². The zero-order valence-corrected chi connectivity index (χ0v) is 31.1. The molecule has 6 aromatic rings. The third-order valence-electron chi connectivity index (χ3n) is 11.3. The van der Waals surface area contributed by atoms with E-state index in [2.05, 4.69) is 4.90 Å². The van der Waals surface area contributed by atoms with Gasteiger partial charge in [-0.3, -0.25) is 14.6 Å². The third-order valence-corrected chi connectivity index (χ3v) is 11.3. The molecule has 2 aromatic heterocycles. The molecule has 4 aromatic carbocycles. The molecule has 5 heterocycles. The van der Waals surface area contributed by atoms with E-state index in [9.17, 15) is 27.5 Å². The smallest absolute Gasteiger partial charge is 0.387 e. The first-order chi connectivity index (χ1) is 27.4. The summed E-state index contributed by atoms with van der Waals surface area (Å²) in [4.78, 5) is 25.3. The number of carboxylic acids is 1. The highest BCUT2D eigenvalue weighted by Gasteiger charge is 2.48. The van der Waals surface area contributed by atoms with Gasteiger partial charge in [0.2, 0.25) is 11.8 Å². The van der Waals surface area contributed by atoms with Gasteiger partial charge in [0.1, 0.15) is 28.6 Å². The number of fused-ring (bicyclic) bond motifs is 2. The van der Waals surface area contributed by atoms with Crippen LogP contribution in [-0.4, -0.2) is 83.0 Å². The van der Waals surface area contributed by atoms with E-state index in [4.69, 9.17) is 33.0 Å². The van der Waals surface area contributed by atoms with Gasteiger partial charge in [0.25, 0.3) is 0 Å². The summed E-state index contributed by atoms with van der Waals surface area (Å²) < 4.78 is 81.5. The van der Waals surface area contributed by atoms with Crippen molar-refractivity contribution in [1.82, 2.24) is 19.8 Å². The average molecular weight is 787 g/mol. The van der Waals surface area contributed by atoms with Gasteiger partial charge >= 0.3 is 19.2 Å². The van der Waals surface area contributed by atoms with Gasteiger partial charge in [-0.25, -0.2) is 9.97 Å². The van der Waals surface area contributed by atoms with Crippen LogP contribution in [0.1, 0.15) is 35.1 Å². The zero-order valence-electron chi connectivity index (χ0n) is 31.1. The Labute approximate surface area is 323 Å². The Hall–Kier alpha value is -5.51. The van der Waals surface area contributed by atoms with Crippen LogP contribution in [0.5, 0.6) is 11.5 Å². The fourth-order valence-corrected chi connectivity index (χ4v) is 8.55. The first kappa shape index (κ1) is 37.1. The van der Waals surface area contributed by atoms with Gasteiger partial charge in [-0.2, -0.15) is 17.6 Å². The number of nitrogens with zero attached hydrogens (tertiary/aromatic N) is 4. The minimum absolute atomic E-state index is 0.0514. The Bertz CT molecular complexity index is 2510. The highest BCUT2D eigenvalue weighted by atomic mass is 19.3. The summed E-state index contributed by atoms with van der Waals surface area (Å²) in [5.41, 5.74) is 7.51. The van der Waals surface area contributed by atoms with E-state index in [0.29, 0.717) is 70.7 Å². The first-order valence-electron chi connectivity index (χ1n) is 18.7. The van der Waals surface area contributed by atoms with E-state index in [1.807, 2.05) is 50.2 Å². The van der Waals surface area contributed by atoms with Gasteiger partial charge in [-0.05, 0) is 79.8 Å². The van der Waals surface area contributed by atoms with E-state index in [1.54, 1.807) is 17.0 Å². The first-order valence-corrected chi connectivity index (χ1v) is 18.7. The van der Waals surface area contributed by atoms with Gasteiger partial charge in [-0.15, -0.1) is 0 Å². The summed E-state index contributed by atoms with van der Waals surface area (Å²) in [6.07, 6.45) is 1.16. The van der Waals surface area contributed by atoms with Gasteiger partial charge in [0.15, 0.2) is 11.2 Å². The number of aliphatic carboxylic acids is 1. The molecule has 0 amide bonds. The van der Waals surface area contributed by atoms with E-state index in [1.165, 1.54) is 12.1 Å². The Morgan fingerprint density at radius 3 is 1.79 bits per heavy atom. The summed E-state index contributed by atoms with van der Waals surface area (Å²) >= 11 is 0. The molecule has 57 heavy (non-hydrogen) atoms. The maximum atomic E-state index is 13.5. The molecule has 0 saturated carbocycles. The van der Waals surface area contributed by atoms with Gasteiger partial charge in [0.05, 0.1) is 13.2 Å². The number of carbonyl (C=O) groups is 1. The van der Waals surface area contributed by atoms with Crippen molar-refractivity contribution >= 4 is 28.2 Å². The molecule has 3 fully saturated rings. The van der Waals surface area contributed by atoms with Crippen LogP contribution < -0.4 is 9.47 Å². The van der Waals surface area contributed by atoms with Crippen molar-refractivity contribution in [3.63, 3.8) is 0 Å². The second-order valence-electron chi connectivity index (χ2n) is 15.2. The van der Waals surface area contributed by atoms with Gasteiger partial charge in [-0.1, -0.05) is 24.3 Å². The molecule has 3 aliphatic rings. The van der Waals surface area contributed by atoms with E-state index >= 15 is 0 Å². The second kappa shape index (κ2) is 14.5. The normalized spacial score (nSPS) is 18.2. The van der Waals surface area contributed by atoms with Crippen molar-refractivity contribution in [2.45, 2.75) is 59.0 Å². The van der Waals surface area contributed by atoms with E-state index in [0.717, 1.165) is 48.6 Å². The molecule has 1 spiro atoms. The summed E-state index contributed by atoms with van der Waals surface area (Å²) in [7, 11) is 0. The molecule has 11 nitrogen and oxygen atoms in total. The molecule has 296 valence electrons. The number of ether oxygens (including phenoxy) is 3. The summed E-state index contributed by atoms with van der Waals surface area (Å²) in [6, 6.07) is 17.0. The number of likely N-dealkylation sites (tertiary alicyclic amines) is 2. The molecule has 0 aliphatic carbocycles. The lowest BCUT2D eigenvalue weighted by atomic mass is 9.78. The number of benzene rings is 4. The van der Waals surface area contributed by atoms with Gasteiger partial charge < -0.3 is 28.2 Å². The molecule has 3 saturated heterocycles. The molecule has 0 radical (unpaired) electrons. The highest BCUT2D eigenvalue weighted by molar-refractivity contribution is 5.85. The molecule has 0 bridgehead atoms. The number of alkyl halides is 4. The lowest BCUT2D eigenvalue weighted by Gasteiger charge is -2.55. The Morgan fingerprint density at radius 1 is 0.807 bits per heavy atom. The molecule has 1 N–H and O–H groups in total. The maximum Gasteiger partial charge on any atom is 0.387 e. The van der Waals surface area contributed by atoms with E-state index in [-0.39, 0.29) is 34.9 Å². The minimum Gasteiger partial charge on any atom is -0.480 e. The van der Waals surface area contributed by atoms with Crippen molar-refractivity contribution in [1.29, 1.82) is 0 Å². The number of rotatable bonds is 12. The van der Waals surface area contributed by atoms with Crippen LogP contribution in [0.4, 0.5) is 17.6 Å². The highest BCUT2D eigenvalue weighted by Crippen LogP contribution is 2.42. The third kappa shape index (κ3) is 6.97. The Morgan fingerprint density at radius 2 is 1.32 bits per heavy atom. The number of aromatic nitrogens is 2. The van der Waals surface area contributed by atoms with Crippen LogP contribution in [0.2, 0.25) is 0 Å². The summed E-state index contributed by atoms with van der Waals surface area (Å²) in [5.74, 6) is -0.409. The lowest BCUT2D eigenvalue weighted by molar-refractivity contribution is -0.191. The van der Waals surface area contributed by atoms with Crippen molar-refractivity contribution in [2.24, 2.45) is 5.41 Å². The number of hydrogen-bond acceptors (Lipinski definition) is 10. The fraction of sp³-hybridized carbons (Fsp3) is 0.357. The second-order valence-corrected chi connectivity index (χ2v) is 15.2. The monoisotopic (exact) mass is 786 g/mol. The van der Waals surface area contributed by atoms with Crippen LogP contribution in [0.3, 0.4) is 0 Å². The number of carboxylic acid groups (broad SMARTS) is 1. The van der Waals surface area contributed by atoms with Crippen LogP contribution in [-0.2, 0) is 22.6 Å². The molecular formula is C42H38F4N4O7. The summed E-state index contributed by atoms with van der Waals surface area (Å²) in [6.45, 7) is 1.94. The Balaban J connectivity index is 1.03. The lowest BCUT2D eigenvalue weighted by Crippen LogP contribution is -2.65. The number of halogens is 4. The van der Waals surface area contributed by atoms with Crippen LogP contribution in [0.15, 0.2) is 69.5 Å². The predicted octanol–water partition coefficient (Wildman–Crippen LogP) is 8.67. The number of hydrogen-bond donors (Lipinski definition) is 1. The van der Waals surface area contributed by atoms with E-state index < -0.39 is 25.2 Å². The molecule has 0 unspecified atom stereocenters. The molecule has 15 heteroatoms. The standard InChI is InChI=1S/C42H38F4N4O7/c1-22-26(6-3-8-28(22)37-47-30-12-24(16-49-18-42(19-49)20-53-21-42)33(56-40(43)44)14-35(30)54-37)27-7-4-9-29(23(27)2)38-48-31-13-25(17-50-11-5-10-32(50)39(51)52)34(57-41(45)46)15-36(31)55-38/h3-4,6-9,12-15,32,40-41H,5,10-11,16-21H2,1-2H3,(H,51,52)/t32-/m0/s1. The zero-order chi connectivity index (χ0) is 39.6. The topological polar surface area (TPSA) is 124 Å². The Kier molecular flexibility index (Phi) is 9.41. The van der Waals surface area contributed by atoms with Crippen LogP contribution in [0.25, 0.3) is 56.2 Å². The average Bonchev–Trinajstić information content (AvgIpc) is 3.87. The SMILES string of the molecule is Cc1c(-c2nc3cc(CN4CC5(COC5)C4)c(OC(F)F)cc3o2)cccc1-c1cccc(-c2nc3cc(CN4CCC[C@H]4C(=O)O)c(OC(F)F)cc3o2)c1C. The summed E-state index contributed by atoms with van der Waals surface area (Å²) in [5, 5.41) is 9.67. The quantitative estimate of drug-likeness (QED) is 0.120. The number of oxazole rings is 2. The molecular weight excluding hydrogens is 748 g/mol. The largest absolute Gasteiger partial charge is 0.480 e. The van der Waals surface area contributed by atoms with Crippen LogP contribution in [0, 0.1) is 19.3 Å². The predicted molar refractivity (Wildman–Crippen MR) is 200 cm³/mol. The molecule has 9 rings (SSSR count). The van der Waals surface area contributed by atoms with Gasteiger partial charge in [0, 0.05) is 66.0 Å². The van der Waals surface area contributed by atoms with Crippen molar-refractivity contribution in [3.8, 4) is 45.5 Å². The van der Waals surface area contributed by atoms with Crippen molar-refractivity contribution < 1.29 is 50.5 Å². The maximum absolute atomic E-state index is 13.5. The van der Waals surface area contributed by atoms with Crippen molar-refractivity contribution in [3.05, 3.63) is 82.9 Å². The molecule has 3 aliphatic heterocycles. The fourth-order valence-electron chi connectivity index (χ4n) is 8.55. The van der Waals surface area contributed by atoms with Crippen LogP contribution >= 0.6 is 0 Å².